The smallest absolute Gasteiger partial charge is 0.0938 e. The van der Waals surface area contributed by atoms with Gasteiger partial charge in [0.25, 0.3) is 0 Å². The molecular formula is C11H22N2O3. The fourth-order valence-corrected chi connectivity index (χ4v) is 2.68. The second-order valence-corrected chi connectivity index (χ2v) is 4.87. The number of nitrogens with zero attached hydrogens (tertiary/aromatic N) is 1. The first-order valence-electron chi connectivity index (χ1n) is 6.04. The molecule has 2 aliphatic rings. The molecule has 0 radical (unpaired) electrons. The van der Waals surface area contributed by atoms with E-state index in [9.17, 15) is 10.2 Å². The quantitative estimate of drug-likeness (QED) is 0.559. The van der Waals surface area contributed by atoms with Gasteiger partial charge in [-0.3, -0.25) is 4.90 Å². The molecule has 5 nitrogen and oxygen atoms in total. The van der Waals surface area contributed by atoms with Gasteiger partial charge in [0, 0.05) is 38.2 Å². The van der Waals surface area contributed by atoms with E-state index < -0.39 is 12.2 Å². The van der Waals surface area contributed by atoms with Gasteiger partial charge in [-0.25, -0.2) is 0 Å². The Morgan fingerprint density at radius 3 is 2.62 bits per heavy atom. The van der Waals surface area contributed by atoms with Crippen molar-refractivity contribution in [2.45, 2.75) is 24.7 Å². The number of hydrogen-bond acceptors (Lipinski definition) is 5. The number of ether oxygens (including phenoxy) is 1. The molecule has 2 aliphatic heterocycles. The van der Waals surface area contributed by atoms with Crippen LogP contribution in [0.4, 0.5) is 0 Å². The van der Waals surface area contributed by atoms with Gasteiger partial charge in [-0.1, -0.05) is 0 Å². The zero-order valence-corrected chi connectivity index (χ0v) is 9.80. The molecule has 3 N–H and O–H groups in total. The molecule has 4 atom stereocenters. The highest BCUT2D eigenvalue weighted by Crippen LogP contribution is 2.19. The largest absolute Gasteiger partial charge is 0.389 e. The summed E-state index contributed by atoms with van der Waals surface area (Å²) in [6, 6.07) is 0.489. The van der Waals surface area contributed by atoms with Crippen LogP contribution in [0.25, 0.3) is 0 Å². The van der Waals surface area contributed by atoms with Crippen molar-refractivity contribution in [2.75, 3.05) is 39.9 Å². The molecule has 94 valence electrons. The third kappa shape index (κ3) is 2.73. The van der Waals surface area contributed by atoms with E-state index in [-0.39, 0.29) is 0 Å². The van der Waals surface area contributed by atoms with E-state index >= 15 is 0 Å². The van der Waals surface area contributed by atoms with E-state index in [0.717, 1.165) is 26.2 Å². The van der Waals surface area contributed by atoms with E-state index in [1.54, 1.807) is 0 Å². The number of likely N-dealkylation sites (tertiary alicyclic amines) is 1. The molecule has 2 fully saturated rings. The first kappa shape index (κ1) is 12.3. The maximum Gasteiger partial charge on any atom is 0.0938 e. The average molecular weight is 230 g/mol. The Kier molecular flexibility index (Phi) is 4.16. The Morgan fingerprint density at radius 1 is 1.31 bits per heavy atom. The summed E-state index contributed by atoms with van der Waals surface area (Å²) in [6.07, 6.45) is -0.129. The number of aliphatic hydroxyl groups excluding tert-OH is 2. The highest BCUT2D eigenvalue weighted by molar-refractivity contribution is 4.87. The summed E-state index contributed by atoms with van der Waals surface area (Å²) in [5, 5.41) is 22.3. The maximum atomic E-state index is 9.48. The third-order valence-electron chi connectivity index (χ3n) is 3.67. The Morgan fingerprint density at radius 2 is 2.00 bits per heavy atom. The van der Waals surface area contributed by atoms with Crippen molar-refractivity contribution in [1.82, 2.24) is 10.2 Å². The number of β-amino-alcohol motifs (C(OH)–C–C–N with tert-alkyl or cyclic N) is 2. The first-order valence-corrected chi connectivity index (χ1v) is 6.04. The average Bonchev–Trinajstić information content (AvgIpc) is 2.59. The normalized spacial score (nSPS) is 41.4. The molecule has 5 heteroatoms. The van der Waals surface area contributed by atoms with Crippen molar-refractivity contribution in [1.29, 1.82) is 0 Å². The molecule has 2 saturated heterocycles. The van der Waals surface area contributed by atoms with Crippen LogP contribution in [0.3, 0.4) is 0 Å². The zero-order chi connectivity index (χ0) is 11.5. The van der Waals surface area contributed by atoms with E-state index in [1.165, 1.54) is 0 Å². The van der Waals surface area contributed by atoms with E-state index in [2.05, 4.69) is 10.2 Å². The molecule has 0 aromatic carbocycles. The van der Waals surface area contributed by atoms with Crippen LogP contribution >= 0.6 is 0 Å². The SMILES string of the molecule is CNC1CCOCC1CN1CC(O)C(O)C1. The summed E-state index contributed by atoms with van der Waals surface area (Å²) < 4.78 is 5.49. The number of aliphatic hydroxyl groups is 2. The van der Waals surface area contributed by atoms with Crippen molar-refractivity contribution in [3.8, 4) is 0 Å². The predicted molar refractivity (Wildman–Crippen MR) is 60.2 cm³/mol. The topological polar surface area (TPSA) is 65.0 Å². The van der Waals surface area contributed by atoms with Gasteiger partial charge in [-0.2, -0.15) is 0 Å². The van der Waals surface area contributed by atoms with Crippen molar-refractivity contribution in [2.24, 2.45) is 5.92 Å². The van der Waals surface area contributed by atoms with Crippen molar-refractivity contribution in [3.63, 3.8) is 0 Å². The van der Waals surface area contributed by atoms with Crippen LogP contribution in [-0.2, 0) is 4.74 Å². The van der Waals surface area contributed by atoms with Crippen LogP contribution in [0.2, 0.25) is 0 Å². The molecule has 2 rings (SSSR count). The minimum absolute atomic E-state index is 0.455. The van der Waals surface area contributed by atoms with Crippen LogP contribution in [-0.4, -0.2) is 73.3 Å². The number of hydrogen-bond donors (Lipinski definition) is 3. The molecule has 0 aromatic rings. The lowest BCUT2D eigenvalue weighted by molar-refractivity contribution is 0.0197. The standard InChI is InChI=1S/C11H22N2O3/c1-12-9-2-3-16-7-8(9)4-13-5-10(14)11(15)6-13/h8-12,14-15H,2-7H2,1H3. The molecule has 0 spiro atoms. The molecule has 0 saturated carbocycles. The maximum absolute atomic E-state index is 9.48. The summed E-state index contributed by atoms with van der Waals surface area (Å²) in [4.78, 5) is 2.12. The monoisotopic (exact) mass is 230 g/mol. The molecular weight excluding hydrogens is 208 g/mol. The number of rotatable bonds is 3. The van der Waals surface area contributed by atoms with Gasteiger partial charge in [-0.05, 0) is 13.5 Å². The Labute approximate surface area is 96.4 Å². The van der Waals surface area contributed by atoms with E-state index in [1.807, 2.05) is 7.05 Å². The first-order chi connectivity index (χ1) is 7.70. The highest BCUT2D eigenvalue weighted by Gasteiger charge is 2.33. The zero-order valence-electron chi connectivity index (χ0n) is 9.80. The van der Waals surface area contributed by atoms with Gasteiger partial charge in [0.2, 0.25) is 0 Å². The van der Waals surface area contributed by atoms with Gasteiger partial charge in [0.15, 0.2) is 0 Å². The second kappa shape index (κ2) is 5.42. The Bertz CT molecular complexity index is 217. The van der Waals surface area contributed by atoms with Crippen LogP contribution < -0.4 is 5.32 Å². The fourth-order valence-electron chi connectivity index (χ4n) is 2.68. The van der Waals surface area contributed by atoms with E-state index in [4.69, 9.17) is 4.74 Å². The molecule has 2 heterocycles. The predicted octanol–water partition coefficient (Wildman–Crippen LogP) is -1.35. The lowest BCUT2D eigenvalue weighted by Gasteiger charge is -2.33. The lowest BCUT2D eigenvalue weighted by Crippen LogP contribution is -2.46. The molecule has 0 aliphatic carbocycles. The van der Waals surface area contributed by atoms with Crippen molar-refractivity contribution >= 4 is 0 Å². The van der Waals surface area contributed by atoms with E-state index in [0.29, 0.717) is 25.0 Å². The fraction of sp³-hybridized carbons (Fsp3) is 1.00. The minimum Gasteiger partial charge on any atom is -0.389 e. The summed E-state index contributed by atoms with van der Waals surface area (Å²) >= 11 is 0. The lowest BCUT2D eigenvalue weighted by atomic mass is 9.95. The molecule has 4 unspecified atom stereocenters. The molecule has 16 heavy (non-hydrogen) atoms. The summed E-state index contributed by atoms with van der Waals surface area (Å²) in [5.74, 6) is 0.455. The van der Waals surface area contributed by atoms with Crippen LogP contribution in [0.5, 0.6) is 0 Å². The second-order valence-electron chi connectivity index (χ2n) is 4.87. The van der Waals surface area contributed by atoms with Crippen molar-refractivity contribution < 1.29 is 14.9 Å². The van der Waals surface area contributed by atoms with Gasteiger partial charge < -0.3 is 20.3 Å². The van der Waals surface area contributed by atoms with Crippen LogP contribution in [0, 0.1) is 5.92 Å². The van der Waals surface area contributed by atoms with Crippen LogP contribution in [0.1, 0.15) is 6.42 Å². The van der Waals surface area contributed by atoms with Crippen molar-refractivity contribution in [3.05, 3.63) is 0 Å². The summed E-state index contributed by atoms with van der Waals surface area (Å²) in [6.45, 7) is 3.64. The van der Waals surface area contributed by atoms with Crippen LogP contribution in [0.15, 0.2) is 0 Å². The van der Waals surface area contributed by atoms with Gasteiger partial charge >= 0.3 is 0 Å². The third-order valence-corrected chi connectivity index (χ3v) is 3.67. The Balaban J connectivity index is 1.84. The van der Waals surface area contributed by atoms with Gasteiger partial charge in [-0.15, -0.1) is 0 Å². The number of nitrogens with one attached hydrogen (secondary N) is 1. The molecule has 0 amide bonds. The molecule has 0 aromatic heterocycles. The van der Waals surface area contributed by atoms with Gasteiger partial charge in [0.05, 0.1) is 18.8 Å². The Hall–Kier alpha value is -0.200. The molecule has 0 bridgehead atoms. The summed E-state index contributed by atoms with van der Waals surface area (Å²) in [7, 11) is 1.98. The minimum atomic E-state index is -0.586. The highest BCUT2D eigenvalue weighted by atomic mass is 16.5. The van der Waals surface area contributed by atoms with Gasteiger partial charge in [0.1, 0.15) is 0 Å². The summed E-state index contributed by atoms with van der Waals surface area (Å²) in [5.41, 5.74) is 0.